The maximum atomic E-state index is 12.7. The Morgan fingerprint density at radius 1 is 1.33 bits per heavy atom. The Kier molecular flexibility index (Phi) is 3.03. The average molecular weight is 242 g/mol. The van der Waals surface area contributed by atoms with Crippen molar-refractivity contribution in [3.8, 4) is 0 Å². The molecule has 2 aromatic rings. The molecule has 0 amide bonds. The molecule has 15 heavy (non-hydrogen) atoms. The van der Waals surface area contributed by atoms with E-state index >= 15 is 0 Å². The molecular formula is C11H9ClFNS. The normalized spacial score (nSPS) is 10.6. The van der Waals surface area contributed by atoms with Crippen LogP contribution >= 0.6 is 22.9 Å². The summed E-state index contributed by atoms with van der Waals surface area (Å²) in [5, 5.41) is 0. The van der Waals surface area contributed by atoms with Gasteiger partial charge in [0.1, 0.15) is 5.82 Å². The van der Waals surface area contributed by atoms with E-state index in [9.17, 15) is 4.39 Å². The van der Waals surface area contributed by atoms with Gasteiger partial charge in [0.15, 0.2) is 4.47 Å². The zero-order valence-corrected chi connectivity index (χ0v) is 9.70. The molecule has 1 aromatic carbocycles. The van der Waals surface area contributed by atoms with Gasteiger partial charge in [-0.05, 0) is 24.6 Å². The van der Waals surface area contributed by atoms with Crippen molar-refractivity contribution >= 4 is 22.9 Å². The highest BCUT2D eigenvalue weighted by molar-refractivity contribution is 7.15. The van der Waals surface area contributed by atoms with Crippen molar-refractivity contribution in [2.24, 2.45) is 0 Å². The van der Waals surface area contributed by atoms with Gasteiger partial charge in [-0.1, -0.05) is 23.7 Å². The fourth-order valence-corrected chi connectivity index (χ4v) is 2.45. The van der Waals surface area contributed by atoms with Crippen LogP contribution in [0.5, 0.6) is 0 Å². The topological polar surface area (TPSA) is 12.9 Å². The highest BCUT2D eigenvalue weighted by atomic mass is 35.5. The lowest BCUT2D eigenvalue weighted by Gasteiger charge is -1.99. The molecule has 0 aliphatic heterocycles. The smallest absolute Gasteiger partial charge is 0.184 e. The SMILES string of the molecule is Cc1sc(Cl)nc1Cc1ccc(F)cc1. The van der Waals surface area contributed by atoms with Crippen molar-refractivity contribution in [2.75, 3.05) is 0 Å². The van der Waals surface area contributed by atoms with E-state index in [1.165, 1.54) is 23.5 Å². The lowest BCUT2D eigenvalue weighted by molar-refractivity contribution is 0.627. The second kappa shape index (κ2) is 4.29. The Balaban J connectivity index is 2.21. The standard InChI is InChI=1S/C11H9ClFNS/c1-7-10(14-11(12)15-7)6-8-2-4-9(13)5-3-8/h2-5H,6H2,1H3. The quantitative estimate of drug-likeness (QED) is 0.779. The summed E-state index contributed by atoms with van der Waals surface area (Å²) in [6, 6.07) is 6.45. The maximum absolute atomic E-state index is 12.7. The number of nitrogens with zero attached hydrogens (tertiary/aromatic N) is 1. The molecule has 1 aromatic heterocycles. The van der Waals surface area contributed by atoms with Gasteiger partial charge in [0, 0.05) is 11.3 Å². The minimum atomic E-state index is -0.216. The first-order valence-corrected chi connectivity index (χ1v) is 5.71. The molecule has 0 bridgehead atoms. The fraction of sp³-hybridized carbons (Fsp3) is 0.182. The average Bonchev–Trinajstić information content (AvgIpc) is 2.49. The summed E-state index contributed by atoms with van der Waals surface area (Å²) in [4.78, 5) is 5.33. The first-order valence-electron chi connectivity index (χ1n) is 4.51. The van der Waals surface area contributed by atoms with Gasteiger partial charge in [0.05, 0.1) is 5.69 Å². The van der Waals surface area contributed by atoms with Gasteiger partial charge in [-0.2, -0.15) is 0 Å². The maximum Gasteiger partial charge on any atom is 0.184 e. The summed E-state index contributed by atoms with van der Waals surface area (Å²) in [6.07, 6.45) is 0.704. The molecule has 0 unspecified atom stereocenters. The van der Waals surface area contributed by atoms with Gasteiger partial charge in [-0.15, -0.1) is 11.3 Å². The Morgan fingerprint density at radius 3 is 2.53 bits per heavy atom. The van der Waals surface area contributed by atoms with Crippen LogP contribution in [-0.2, 0) is 6.42 Å². The Hall–Kier alpha value is -0.930. The van der Waals surface area contributed by atoms with Gasteiger partial charge in [-0.25, -0.2) is 9.37 Å². The van der Waals surface area contributed by atoms with E-state index in [0.29, 0.717) is 10.9 Å². The molecule has 0 atom stereocenters. The van der Waals surface area contributed by atoms with Crippen molar-refractivity contribution < 1.29 is 4.39 Å². The van der Waals surface area contributed by atoms with E-state index in [1.807, 2.05) is 6.92 Å². The van der Waals surface area contributed by atoms with Crippen LogP contribution in [0, 0.1) is 12.7 Å². The molecule has 0 radical (unpaired) electrons. The molecule has 0 saturated carbocycles. The van der Waals surface area contributed by atoms with Crippen molar-refractivity contribution in [2.45, 2.75) is 13.3 Å². The Morgan fingerprint density at radius 2 is 2.00 bits per heavy atom. The zero-order chi connectivity index (χ0) is 10.8. The Bertz CT molecular complexity index is 464. The van der Waals surface area contributed by atoms with E-state index in [4.69, 9.17) is 11.6 Å². The minimum Gasteiger partial charge on any atom is -0.229 e. The predicted octanol–water partition coefficient (Wildman–Crippen LogP) is 3.83. The van der Waals surface area contributed by atoms with Crippen molar-refractivity contribution in [3.05, 3.63) is 50.7 Å². The molecule has 0 aliphatic rings. The predicted molar refractivity (Wildman–Crippen MR) is 61.1 cm³/mol. The van der Waals surface area contributed by atoms with Gasteiger partial charge in [0.2, 0.25) is 0 Å². The van der Waals surface area contributed by atoms with E-state index in [-0.39, 0.29) is 5.82 Å². The molecule has 0 saturated heterocycles. The molecule has 1 heterocycles. The third-order valence-electron chi connectivity index (χ3n) is 2.15. The summed E-state index contributed by atoms with van der Waals surface area (Å²) in [5.41, 5.74) is 2.01. The van der Waals surface area contributed by atoms with E-state index in [0.717, 1.165) is 16.1 Å². The summed E-state index contributed by atoms with van der Waals surface area (Å²) < 4.78 is 13.2. The van der Waals surface area contributed by atoms with Crippen LogP contribution < -0.4 is 0 Å². The molecular weight excluding hydrogens is 233 g/mol. The first kappa shape index (κ1) is 10.6. The lowest BCUT2D eigenvalue weighted by Crippen LogP contribution is -1.90. The number of halogens is 2. The third kappa shape index (κ3) is 2.55. The third-order valence-corrected chi connectivity index (χ3v) is 3.27. The van der Waals surface area contributed by atoms with Crippen LogP contribution in [0.15, 0.2) is 24.3 Å². The second-order valence-corrected chi connectivity index (χ2v) is 5.06. The van der Waals surface area contributed by atoms with Crippen molar-refractivity contribution in [1.29, 1.82) is 0 Å². The van der Waals surface area contributed by atoms with Crippen LogP contribution in [0.25, 0.3) is 0 Å². The molecule has 4 heteroatoms. The first-order chi connectivity index (χ1) is 7.15. The number of rotatable bonds is 2. The number of hydrogen-bond donors (Lipinski definition) is 0. The van der Waals surface area contributed by atoms with Gasteiger partial charge >= 0.3 is 0 Å². The van der Waals surface area contributed by atoms with Crippen LogP contribution in [0.4, 0.5) is 4.39 Å². The monoisotopic (exact) mass is 241 g/mol. The molecule has 1 nitrogen and oxygen atoms in total. The van der Waals surface area contributed by atoms with Gasteiger partial charge in [0.25, 0.3) is 0 Å². The summed E-state index contributed by atoms with van der Waals surface area (Å²) in [7, 11) is 0. The van der Waals surface area contributed by atoms with Gasteiger partial charge in [-0.3, -0.25) is 0 Å². The highest BCUT2D eigenvalue weighted by Gasteiger charge is 2.06. The van der Waals surface area contributed by atoms with Crippen molar-refractivity contribution in [1.82, 2.24) is 4.98 Å². The molecule has 78 valence electrons. The van der Waals surface area contributed by atoms with Crippen LogP contribution in [0.1, 0.15) is 16.1 Å². The summed E-state index contributed by atoms with van der Waals surface area (Å²) in [6.45, 7) is 1.99. The summed E-state index contributed by atoms with van der Waals surface area (Å²) in [5.74, 6) is -0.216. The minimum absolute atomic E-state index is 0.216. The summed E-state index contributed by atoms with van der Waals surface area (Å²) >= 11 is 7.28. The highest BCUT2D eigenvalue weighted by Crippen LogP contribution is 2.23. The van der Waals surface area contributed by atoms with E-state index < -0.39 is 0 Å². The van der Waals surface area contributed by atoms with Crippen LogP contribution in [0.2, 0.25) is 4.47 Å². The Labute approximate surface area is 96.5 Å². The van der Waals surface area contributed by atoms with E-state index in [2.05, 4.69) is 4.98 Å². The van der Waals surface area contributed by atoms with Crippen LogP contribution in [0.3, 0.4) is 0 Å². The molecule has 2 rings (SSSR count). The van der Waals surface area contributed by atoms with Crippen LogP contribution in [-0.4, -0.2) is 4.98 Å². The number of thiazole rings is 1. The van der Waals surface area contributed by atoms with E-state index in [1.54, 1.807) is 12.1 Å². The second-order valence-electron chi connectivity index (χ2n) is 3.27. The molecule has 0 spiro atoms. The largest absolute Gasteiger partial charge is 0.229 e. The fourth-order valence-electron chi connectivity index (χ4n) is 1.35. The molecule has 0 aliphatic carbocycles. The zero-order valence-electron chi connectivity index (χ0n) is 8.13. The molecule has 0 fully saturated rings. The lowest BCUT2D eigenvalue weighted by atomic mass is 10.1. The number of hydrogen-bond acceptors (Lipinski definition) is 2. The number of aromatic nitrogens is 1. The van der Waals surface area contributed by atoms with Gasteiger partial charge < -0.3 is 0 Å². The number of aryl methyl sites for hydroxylation is 1. The van der Waals surface area contributed by atoms with Crippen molar-refractivity contribution in [3.63, 3.8) is 0 Å². The molecule has 0 N–H and O–H groups in total. The number of benzene rings is 1.